The Morgan fingerprint density at radius 2 is 1.52 bits per heavy atom. The lowest BCUT2D eigenvalue weighted by molar-refractivity contribution is -0.255. The summed E-state index contributed by atoms with van der Waals surface area (Å²) in [4.78, 5) is 23.1. The summed E-state index contributed by atoms with van der Waals surface area (Å²) in [5, 5.41) is 10.8. The first-order valence-corrected chi connectivity index (χ1v) is 9.24. The van der Waals surface area contributed by atoms with E-state index in [1.165, 1.54) is 35.4 Å². The van der Waals surface area contributed by atoms with Crippen LogP contribution in [0.3, 0.4) is 0 Å². The maximum Gasteiger partial charge on any atom is 0.315 e. The highest BCUT2D eigenvalue weighted by Gasteiger charge is 2.36. The van der Waals surface area contributed by atoms with Gasteiger partial charge in [0.25, 0.3) is 0 Å². The number of ether oxygens (including phenoxy) is 1. The number of rotatable bonds is 4. The number of carboxylic acid groups (broad SMARTS) is 1. The predicted octanol–water partition coefficient (Wildman–Crippen LogP) is 3.55. The standard InChI is InChI=1S/C23H26O4/c1-22(2)11-12-23(3,4)19-13-15(5-10-18(19)22)14-20(24)27-17-8-6-16(7-9-17)21(25)26/h5-10,13H,11-12,14H2,1-4H3,(H,25,26)/p-1. The molecule has 2 aromatic rings. The number of carbonyl (C=O) groups excluding carboxylic acids is 2. The van der Waals surface area contributed by atoms with Crippen LogP contribution in [0, 0.1) is 0 Å². The van der Waals surface area contributed by atoms with E-state index in [0.717, 1.165) is 18.4 Å². The molecule has 1 aliphatic rings. The van der Waals surface area contributed by atoms with E-state index >= 15 is 0 Å². The third-order valence-corrected chi connectivity index (χ3v) is 5.59. The zero-order valence-electron chi connectivity index (χ0n) is 16.3. The minimum atomic E-state index is -1.26. The van der Waals surface area contributed by atoms with Crippen molar-refractivity contribution in [2.75, 3.05) is 0 Å². The molecule has 0 fully saturated rings. The first-order valence-electron chi connectivity index (χ1n) is 9.24. The molecule has 4 nitrogen and oxygen atoms in total. The molecule has 0 atom stereocenters. The Kier molecular flexibility index (Phi) is 4.85. The third-order valence-electron chi connectivity index (χ3n) is 5.59. The molecule has 0 saturated heterocycles. The monoisotopic (exact) mass is 365 g/mol. The van der Waals surface area contributed by atoms with Gasteiger partial charge >= 0.3 is 5.97 Å². The fourth-order valence-electron chi connectivity index (χ4n) is 3.74. The lowest BCUT2D eigenvalue weighted by Gasteiger charge is -2.42. The second-order valence-electron chi connectivity index (χ2n) is 8.61. The fraction of sp³-hybridized carbons (Fsp3) is 0.391. The summed E-state index contributed by atoms with van der Waals surface area (Å²) in [6.45, 7) is 9.04. The molecule has 0 aromatic heterocycles. The first-order chi connectivity index (χ1) is 12.6. The van der Waals surface area contributed by atoms with Crippen molar-refractivity contribution in [1.82, 2.24) is 0 Å². The normalized spacial score (nSPS) is 17.0. The molecule has 0 spiro atoms. The van der Waals surface area contributed by atoms with Crippen molar-refractivity contribution in [2.24, 2.45) is 0 Å². The highest BCUT2D eigenvalue weighted by atomic mass is 16.5. The molecule has 0 heterocycles. The zero-order valence-corrected chi connectivity index (χ0v) is 16.3. The van der Waals surface area contributed by atoms with Crippen molar-refractivity contribution in [3.05, 3.63) is 64.7 Å². The van der Waals surface area contributed by atoms with Gasteiger partial charge in [-0.2, -0.15) is 0 Å². The Hall–Kier alpha value is -2.62. The molecule has 1 aliphatic carbocycles. The molecular weight excluding hydrogens is 340 g/mol. The van der Waals surface area contributed by atoms with Crippen LogP contribution >= 0.6 is 0 Å². The molecule has 2 aromatic carbocycles. The fourth-order valence-corrected chi connectivity index (χ4v) is 3.74. The summed E-state index contributed by atoms with van der Waals surface area (Å²) in [5.41, 5.74) is 3.87. The van der Waals surface area contributed by atoms with Crippen LogP contribution in [0.4, 0.5) is 0 Å². The van der Waals surface area contributed by atoms with Gasteiger partial charge in [0.05, 0.1) is 12.4 Å². The van der Waals surface area contributed by atoms with E-state index in [-0.39, 0.29) is 28.8 Å². The Balaban J connectivity index is 1.76. The number of fused-ring (bicyclic) bond motifs is 1. The van der Waals surface area contributed by atoms with Crippen LogP contribution in [0.15, 0.2) is 42.5 Å². The van der Waals surface area contributed by atoms with Gasteiger partial charge in [-0.15, -0.1) is 0 Å². The Bertz CT molecular complexity index is 876. The van der Waals surface area contributed by atoms with E-state index in [2.05, 4.69) is 39.8 Å². The number of hydrogen-bond donors (Lipinski definition) is 0. The van der Waals surface area contributed by atoms with Gasteiger partial charge in [-0.1, -0.05) is 45.9 Å². The molecule has 0 aliphatic heterocycles. The molecule has 0 amide bonds. The summed E-state index contributed by atoms with van der Waals surface area (Å²) in [6, 6.07) is 11.9. The van der Waals surface area contributed by atoms with Gasteiger partial charge < -0.3 is 14.6 Å². The number of carbonyl (C=O) groups is 2. The van der Waals surface area contributed by atoms with Crippen molar-refractivity contribution in [3.63, 3.8) is 0 Å². The maximum absolute atomic E-state index is 12.3. The van der Waals surface area contributed by atoms with Crippen molar-refractivity contribution >= 4 is 11.9 Å². The molecule has 0 N–H and O–H groups in total. The molecule has 4 heteroatoms. The Morgan fingerprint density at radius 3 is 2.11 bits per heavy atom. The van der Waals surface area contributed by atoms with E-state index in [1.54, 1.807) is 0 Å². The summed E-state index contributed by atoms with van der Waals surface area (Å²) in [5.74, 6) is -1.30. The van der Waals surface area contributed by atoms with Gasteiger partial charge in [-0.05, 0) is 70.2 Å². The molecule has 0 unspecified atom stereocenters. The van der Waals surface area contributed by atoms with Crippen LogP contribution in [-0.4, -0.2) is 11.9 Å². The molecule has 0 saturated carbocycles. The van der Waals surface area contributed by atoms with Gasteiger partial charge in [-0.25, -0.2) is 0 Å². The number of hydrogen-bond acceptors (Lipinski definition) is 4. The summed E-state index contributed by atoms with van der Waals surface area (Å²) in [7, 11) is 0. The first kappa shape index (κ1) is 19.2. The number of esters is 1. The quantitative estimate of drug-likeness (QED) is 0.614. The van der Waals surface area contributed by atoms with Gasteiger partial charge in [-0.3, -0.25) is 4.79 Å². The number of benzene rings is 2. The maximum atomic E-state index is 12.3. The van der Waals surface area contributed by atoms with E-state index in [0.29, 0.717) is 5.75 Å². The van der Waals surface area contributed by atoms with Crippen LogP contribution in [0.25, 0.3) is 0 Å². The number of carboxylic acids is 1. The third kappa shape index (κ3) is 4.05. The molecular formula is C23H25O4-. The van der Waals surface area contributed by atoms with Gasteiger partial charge in [0.2, 0.25) is 0 Å². The smallest absolute Gasteiger partial charge is 0.315 e. The Morgan fingerprint density at radius 1 is 0.926 bits per heavy atom. The van der Waals surface area contributed by atoms with Crippen LogP contribution < -0.4 is 9.84 Å². The van der Waals surface area contributed by atoms with E-state index in [9.17, 15) is 14.7 Å². The highest BCUT2D eigenvalue weighted by molar-refractivity contribution is 5.86. The van der Waals surface area contributed by atoms with Crippen LogP contribution in [0.1, 0.15) is 67.6 Å². The average Bonchev–Trinajstić information content (AvgIpc) is 2.59. The SMILES string of the molecule is CC1(C)CCC(C)(C)c2cc(CC(=O)Oc3ccc(C(=O)[O-])cc3)ccc21. The van der Waals surface area contributed by atoms with Crippen LogP contribution in [0.2, 0.25) is 0 Å². The van der Waals surface area contributed by atoms with E-state index < -0.39 is 5.97 Å². The highest BCUT2D eigenvalue weighted by Crippen LogP contribution is 2.45. The molecule has 0 bridgehead atoms. The zero-order chi connectivity index (χ0) is 19.8. The molecule has 0 radical (unpaired) electrons. The largest absolute Gasteiger partial charge is 0.545 e. The Labute approximate surface area is 160 Å². The van der Waals surface area contributed by atoms with E-state index in [1.807, 2.05) is 6.07 Å². The summed E-state index contributed by atoms with van der Waals surface area (Å²) in [6.07, 6.45) is 2.44. The molecule has 3 rings (SSSR count). The van der Waals surface area contributed by atoms with Gasteiger partial charge in [0.1, 0.15) is 5.75 Å². The van der Waals surface area contributed by atoms with Crippen molar-refractivity contribution in [1.29, 1.82) is 0 Å². The second-order valence-corrected chi connectivity index (χ2v) is 8.61. The topological polar surface area (TPSA) is 66.4 Å². The van der Waals surface area contributed by atoms with Crippen molar-refractivity contribution in [3.8, 4) is 5.75 Å². The number of aromatic carboxylic acids is 1. The summed E-state index contributed by atoms with van der Waals surface area (Å²) < 4.78 is 5.34. The van der Waals surface area contributed by atoms with Gasteiger partial charge in [0.15, 0.2) is 0 Å². The lowest BCUT2D eigenvalue weighted by atomic mass is 9.63. The predicted molar refractivity (Wildman–Crippen MR) is 102 cm³/mol. The van der Waals surface area contributed by atoms with Gasteiger partial charge in [0, 0.05) is 0 Å². The van der Waals surface area contributed by atoms with E-state index in [4.69, 9.17) is 4.74 Å². The molecule has 142 valence electrons. The average molecular weight is 365 g/mol. The summed E-state index contributed by atoms with van der Waals surface area (Å²) >= 11 is 0. The molecule has 27 heavy (non-hydrogen) atoms. The minimum Gasteiger partial charge on any atom is -0.545 e. The van der Waals surface area contributed by atoms with Crippen molar-refractivity contribution in [2.45, 2.75) is 57.8 Å². The second kappa shape index (κ2) is 6.84. The van der Waals surface area contributed by atoms with Crippen LogP contribution in [-0.2, 0) is 22.0 Å². The minimum absolute atomic E-state index is 0.0503. The van der Waals surface area contributed by atoms with Crippen LogP contribution in [0.5, 0.6) is 5.75 Å². The van der Waals surface area contributed by atoms with Crippen molar-refractivity contribution < 1.29 is 19.4 Å². The lowest BCUT2D eigenvalue weighted by Crippen LogP contribution is -2.34.